The van der Waals surface area contributed by atoms with Crippen molar-refractivity contribution in [1.29, 1.82) is 0 Å². The maximum atomic E-state index is 12.0. The van der Waals surface area contributed by atoms with Crippen LogP contribution in [0.3, 0.4) is 0 Å². The van der Waals surface area contributed by atoms with Crippen molar-refractivity contribution in [2.45, 2.75) is 43.9 Å². The predicted octanol–water partition coefficient (Wildman–Crippen LogP) is 3.49. The standard InChI is InChI=1S/C12H16Cl2N2O2/c1-10(2,3)7-5-8(16-18-7)15-9(17)11(4)6-12(11,13)14/h5H,6H2,1-4H3,(H,15,16,17). The molecule has 1 aliphatic rings. The summed E-state index contributed by atoms with van der Waals surface area (Å²) >= 11 is 11.9. The lowest BCUT2D eigenvalue weighted by Gasteiger charge is -2.12. The third kappa shape index (κ3) is 2.24. The third-order valence-electron chi connectivity index (χ3n) is 3.25. The number of rotatable bonds is 2. The lowest BCUT2D eigenvalue weighted by molar-refractivity contribution is -0.120. The fraction of sp³-hybridized carbons (Fsp3) is 0.667. The molecule has 0 aliphatic heterocycles. The van der Waals surface area contributed by atoms with E-state index in [1.807, 2.05) is 20.8 Å². The highest BCUT2D eigenvalue weighted by Crippen LogP contribution is 2.64. The molecule has 0 bridgehead atoms. The molecule has 0 saturated heterocycles. The molecule has 0 aromatic carbocycles. The Morgan fingerprint density at radius 3 is 2.44 bits per heavy atom. The van der Waals surface area contributed by atoms with Gasteiger partial charge < -0.3 is 9.84 Å². The molecule has 1 aromatic rings. The normalized spacial score (nSPS) is 25.9. The molecule has 1 atom stereocenters. The summed E-state index contributed by atoms with van der Waals surface area (Å²) in [5.74, 6) is 0.866. The first-order valence-electron chi connectivity index (χ1n) is 5.73. The van der Waals surface area contributed by atoms with Crippen LogP contribution >= 0.6 is 23.2 Å². The van der Waals surface area contributed by atoms with Crippen molar-refractivity contribution in [3.63, 3.8) is 0 Å². The zero-order valence-corrected chi connectivity index (χ0v) is 12.3. The van der Waals surface area contributed by atoms with Crippen molar-refractivity contribution >= 4 is 34.9 Å². The van der Waals surface area contributed by atoms with Crippen molar-refractivity contribution in [1.82, 2.24) is 5.16 Å². The largest absolute Gasteiger partial charge is 0.359 e. The van der Waals surface area contributed by atoms with Crippen LogP contribution in [0.25, 0.3) is 0 Å². The minimum Gasteiger partial charge on any atom is -0.359 e. The van der Waals surface area contributed by atoms with Gasteiger partial charge in [0.15, 0.2) is 5.82 Å². The van der Waals surface area contributed by atoms with Gasteiger partial charge in [0.05, 0.1) is 5.41 Å². The van der Waals surface area contributed by atoms with Crippen LogP contribution in [0.1, 0.15) is 39.9 Å². The smallest absolute Gasteiger partial charge is 0.234 e. The molecule has 1 N–H and O–H groups in total. The number of halogens is 2. The first-order chi connectivity index (χ1) is 8.06. The number of aromatic nitrogens is 1. The fourth-order valence-corrected chi connectivity index (χ4v) is 2.29. The summed E-state index contributed by atoms with van der Waals surface area (Å²) in [5.41, 5.74) is -0.904. The van der Waals surface area contributed by atoms with Gasteiger partial charge in [0.2, 0.25) is 5.91 Å². The van der Waals surface area contributed by atoms with Crippen molar-refractivity contribution in [3.8, 4) is 0 Å². The second kappa shape index (κ2) is 3.87. The summed E-state index contributed by atoms with van der Waals surface area (Å²) in [6, 6.07) is 1.72. The fourth-order valence-electron chi connectivity index (χ4n) is 1.59. The number of nitrogens with zero attached hydrogens (tertiary/aromatic N) is 1. The van der Waals surface area contributed by atoms with Gasteiger partial charge in [0.1, 0.15) is 10.1 Å². The second-order valence-electron chi connectivity index (χ2n) is 5.99. The summed E-state index contributed by atoms with van der Waals surface area (Å²) in [7, 11) is 0. The monoisotopic (exact) mass is 290 g/mol. The molecule has 1 fully saturated rings. The van der Waals surface area contributed by atoms with Crippen molar-refractivity contribution < 1.29 is 9.32 Å². The molecule has 1 unspecified atom stereocenters. The Balaban J connectivity index is 2.08. The molecule has 6 heteroatoms. The minimum atomic E-state index is -0.978. The molecule has 1 aliphatic carbocycles. The third-order valence-corrected chi connectivity index (χ3v) is 4.35. The number of hydrogen-bond acceptors (Lipinski definition) is 3. The summed E-state index contributed by atoms with van der Waals surface area (Å²) < 4.78 is 4.21. The number of carbonyl (C=O) groups excluding carboxylic acids is 1. The molecule has 1 amide bonds. The molecule has 100 valence electrons. The van der Waals surface area contributed by atoms with Gasteiger partial charge in [0.25, 0.3) is 0 Å². The maximum absolute atomic E-state index is 12.0. The van der Waals surface area contributed by atoms with Gasteiger partial charge in [-0.15, -0.1) is 23.2 Å². The topological polar surface area (TPSA) is 55.1 Å². The van der Waals surface area contributed by atoms with Crippen LogP contribution in [0.4, 0.5) is 5.82 Å². The van der Waals surface area contributed by atoms with Gasteiger partial charge in [-0.2, -0.15) is 0 Å². The number of amides is 1. The van der Waals surface area contributed by atoms with Gasteiger partial charge in [-0.05, 0) is 13.3 Å². The lowest BCUT2D eigenvalue weighted by atomic mass is 9.93. The van der Waals surface area contributed by atoms with E-state index in [-0.39, 0.29) is 11.3 Å². The number of nitrogens with one attached hydrogen (secondary N) is 1. The van der Waals surface area contributed by atoms with Gasteiger partial charge in [-0.1, -0.05) is 25.9 Å². The maximum Gasteiger partial charge on any atom is 0.234 e. The number of hydrogen-bond donors (Lipinski definition) is 1. The quantitative estimate of drug-likeness (QED) is 0.848. The van der Waals surface area contributed by atoms with Crippen LogP contribution in [0.2, 0.25) is 0 Å². The van der Waals surface area contributed by atoms with Crippen LogP contribution in [-0.2, 0) is 10.2 Å². The molecule has 0 radical (unpaired) electrons. The summed E-state index contributed by atoms with van der Waals surface area (Å²) in [6.07, 6.45) is 0.443. The number of alkyl halides is 2. The van der Waals surface area contributed by atoms with E-state index in [2.05, 4.69) is 10.5 Å². The van der Waals surface area contributed by atoms with E-state index in [4.69, 9.17) is 27.7 Å². The molecule has 18 heavy (non-hydrogen) atoms. The van der Waals surface area contributed by atoms with Crippen LogP contribution in [0.5, 0.6) is 0 Å². The molecule has 1 heterocycles. The second-order valence-corrected chi connectivity index (χ2v) is 7.48. The zero-order valence-electron chi connectivity index (χ0n) is 10.8. The van der Waals surface area contributed by atoms with Gasteiger partial charge in [0, 0.05) is 11.5 Å². The Morgan fingerprint density at radius 2 is 2.06 bits per heavy atom. The van der Waals surface area contributed by atoms with E-state index < -0.39 is 9.75 Å². The first kappa shape index (κ1) is 13.7. The van der Waals surface area contributed by atoms with Crippen molar-refractivity contribution in [2.75, 3.05) is 5.32 Å². The molecule has 0 spiro atoms. The Bertz CT molecular complexity index is 491. The zero-order chi connectivity index (χ0) is 13.8. The van der Waals surface area contributed by atoms with E-state index in [1.54, 1.807) is 13.0 Å². The summed E-state index contributed by atoms with van der Waals surface area (Å²) in [6.45, 7) is 7.74. The Kier molecular flexibility index (Phi) is 2.95. The highest BCUT2D eigenvalue weighted by Gasteiger charge is 2.68. The van der Waals surface area contributed by atoms with Crippen LogP contribution in [-0.4, -0.2) is 15.4 Å². The average Bonchev–Trinajstić information content (AvgIpc) is 2.62. The van der Waals surface area contributed by atoms with E-state index in [0.29, 0.717) is 18.0 Å². The molecule has 1 aromatic heterocycles. The molecular formula is C12H16Cl2N2O2. The van der Waals surface area contributed by atoms with E-state index in [9.17, 15) is 4.79 Å². The molecule has 4 nitrogen and oxygen atoms in total. The molecular weight excluding hydrogens is 275 g/mol. The number of anilines is 1. The van der Waals surface area contributed by atoms with Gasteiger partial charge in [-0.3, -0.25) is 4.79 Å². The van der Waals surface area contributed by atoms with Gasteiger partial charge in [-0.25, -0.2) is 0 Å². The Hall–Kier alpha value is -0.740. The van der Waals surface area contributed by atoms with Crippen molar-refractivity contribution in [2.24, 2.45) is 5.41 Å². The average molecular weight is 291 g/mol. The van der Waals surface area contributed by atoms with Gasteiger partial charge >= 0.3 is 0 Å². The highest BCUT2D eigenvalue weighted by atomic mass is 35.5. The van der Waals surface area contributed by atoms with Crippen LogP contribution in [0, 0.1) is 5.41 Å². The summed E-state index contributed by atoms with van der Waals surface area (Å²) in [5, 5.41) is 6.50. The Morgan fingerprint density at radius 1 is 1.50 bits per heavy atom. The van der Waals surface area contributed by atoms with Crippen molar-refractivity contribution in [3.05, 3.63) is 11.8 Å². The van der Waals surface area contributed by atoms with Crippen LogP contribution < -0.4 is 5.32 Å². The van der Waals surface area contributed by atoms with Crippen LogP contribution in [0.15, 0.2) is 10.6 Å². The predicted molar refractivity (Wildman–Crippen MR) is 71.0 cm³/mol. The van der Waals surface area contributed by atoms with E-state index in [1.165, 1.54) is 0 Å². The molecule has 1 saturated carbocycles. The number of carbonyl (C=O) groups is 1. The Labute approximate surface area is 116 Å². The van der Waals surface area contributed by atoms with E-state index in [0.717, 1.165) is 0 Å². The summed E-state index contributed by atoms with van der Waals surface area (Å²) in [4.78, 5) is 12.0. The lowest BCUT2D eigenvalue weighted by Crippen LogP contribution is -2.26. The molecule has 2 rings (SSSR count). The van der Waals surface area contributed by atoms with E-state index >= 15 is 0 Å². The first-order valence-corrected chi connectivity index (χ1v) is 6.48. The minimum absolute atomic E-state index is 0.151. The SMILES string of the molecule is CC(C)(C)c1cc(NC(=O)C2(C)CC2(Cl)Cl)no1. The highest BCUT2D eigenvalue weighted by molar-refractivity contribution is 6.53.